The number of hydrogen-bond donors (Lipinski definition) is 1. The second-order valence-electron chi connectivity index (χ2n) is 3.54. The van der Waals surface area contributed by atoms with Crippen molar-refractivity contribution in [2.45, 2.75) is 13.5 Å². The van der Waals surface area contributed by atoms with Crippen LogP contribution in [0.2, 0.25) is 0 Å². The van der Waals surface area contributed by atoms with Crippen LogP contribution in [0.4, 0.5) is 4.79 Å². The van der Waals surface area contributed by atoms with Crippen molar-refractivity contribution in [3.05, 3.63) is 53.9 Å². The normalized spacial score (nSPS) is 10.1. The first-order valence-corrected chi connectivity index (χ1v) is 5.10. The molecule has 2 aromatic rings. The van der Waals surface area contributed by atoms with E-state index >= 15 is 0 Å². The van der Waals surface area contributed by atoms with Crippen molar-refractivity contribution < 1.29 is 4.79 Å². The lowest BCUT2D eigenvalue weighted by Gasteiger charge is -2.07. The molecule has 1 aromatic heterocycles. The monoisotopic (exact) mass is 215 g/mol. The van der Waals surface area contributed by atoms with Crippen LogP contribution in [0.25, 0.3) is 0 Å². The molecule has 0 aliphatic carbocycles. The fourth-order valence-electron chi connectivity index (χ4n) is 1.45. The second kappa shape index (κ2) is 4.61. The van der Waals surface area contributed by atoms with Gasteiger partial charge in [-0.1, -0.05) is 24.3 Å². The molecule has 1 N–H and O–H groups in total. The number of benzene rings is 1. The van der Waals surface area contributed by atoms with Gasteiger partial charge in [0.15, 0.2) is 0 Å². The Bertz CT molecular complexity index is 477. The minimum atomic E-state index is -0.215. The van der Waals surface area contributed by atoms with E-state index in [0.29, 0.717) is 6.54 Å². The van der Waals surface area contributed by atoms with Gasteiger partial charge in [-0.2, -0.15) is 9.78 Å². The minimum absolute atomic E-state index is 0.215. The van der Waals surface area contributed by atoms with Crippen molar-refractivity contribution in [3.63, 3.8) is 0 Å². The molecule has 0 unspecified atom stereocenters. The Hall–Kier alpha value is -2.10. The van der Waals surface area contributed by atoms with Gasteiger partial charge in [0.1, 0.15) is 0 Å². The van der Waals surface area contributed by atoms with Gasteiger partial charge in [0.05, 0.1) is 0 Å². The first-order chi connectivity index (χ1) is 7.77. The van der Waals surface area contributed by atoms with Crippen LogP contribution in [0.15, 0.2) is 42.7 Å². The predicted octanol–water partition coefficient (Wildman–Crippen LogP) is 1.95. The van der Waals surface area contributed by atoms with Gasteiger partial charge in [-0.15, -0.1) is 0 Å². The van der Waals surface area contributed by atoms with Gasteiger partial charge >= 0.3 is 6.03 Å². The van der Waals surface area contributed by atoms with E-state index in [1.165, 1.54) is 10.2 Å². The van der Waals surface area contributed by atoms with E-state index in [0.717, 1.165) is 5.56 Å². The Labute approximate surface area is 93.9 Å². The summed E-state index contributed by atoms with van der Waals surface area (Å²) in [4.78, 5) is 11.6. The number of amides is 1. The summed E-state index contributed by atoms with van der Waals surface area (Å²) in [5.74, 6) is 0. The van der Waals surface area contributed by atoms with Crippen molar-refractivity contribution in [1.82, 2.24) is 15.1 Å². The average Bonchev–Trinajstić information content (AvgIpc) is 2.81. The Morgan fingerprint density at radius 1 is 1.38 bits per heavy atom. The molecule has 0 spiro atoms. The maximum absolute atomic E-state index is 11.6. The van der Waals surface area contributed by atoms with Gasteiger partial charge in [-0.05, 0) is 24.1 Å². The highest BCUT2D eigenvalue weighted by Gasteiger charge is 2.04. The zero-order valence-electron chi connectivity index (χ0n) is 9.05. The molecule has 0 aliphatic heterocycles. The maximum atomic E-state index is 11.6. The number of aryl methyl sites for hydroxylation is 1. The van der Waals surface area contributed by atoms with Gasteiger partial charge in [-0.3, -0.25) is 0 Å². The molecule has 0 fully saturated rings. The topological polar surface area (TPSA) is 46.9 Å². The largest absolute Gasteiger partial charge is 0.342 e. The van der Waals surface area contributed by atoms with E-state index < -0.39 is 0 Å². The Kier molecular flexibility index (Phi) is 3.00. The highest BCUT2D eigenvalue weighted by atomic mass is 16.2. The summed E-state index contributed by atoms with van der Waals surface area (Å²) in [7, 11) is 0. The zero-order valence-corrected chi connectivity index (χ0v) is 9.05. The molecular weight excluding hydrogens is 202 g/mol. The van der Waals surface area contributed by atoms with Crippen LogP contribution in [0, 0.1) is 6.92 Å². The number of carbonyl (C=O) groups is 1. The van der Waals surface area contributed by atoms with E-state index in [4.69, 9.17) is 0 Å². The molecule has 0 bridgehead atoms. The Balaban J connectivity index is 1.98. The second-order valence-corrected chi connectivity index (χ2v) is 3.54. The first-order valence-electron chi connectivity index (χ1n) is 5.10. The van der Waals surface area contributed by atoms with Crippen molar-refractivity contribution in [2.24, 2.45) is 0 Å². The van der Waals surface area contributed by atoms with Crippen LogP contribution in [-0.4, -0.2) is 15.8 Å². The van der Waals surface area contributed by atoms with Crippen LogP contribution in [0.5, 0.6) is 0 Å². The fraction of sp³-hybridized carbons (Fsp3) is 0.167. The van der Waals surface area contributed by atoms with E-state index in [2.05, 4.69) is 10.4 Å². The van der Waals surface area contributed by atoms with Crippen LogP contribution in [0.1, 0.15) is 11.1 Å². The van der Waals surface area contributed by atoms with Crippen LogP contribution < -0.4 is 5.32 Å². The average molecular weight is 215 g/mol. The van der Waals surface area contributed by atoms with Crippen molar-refractivity contribution in [2.75, 3.05) is 0 Å². The van der Waals surface area contributed by atoms with Crippen LogP contribution in [0.3, 0.4) is 0 Å². The third-order valence-corrected chi connectivity index (χ3v) is 2.40. The molecule has 0 aliphatic rings. The van der Waals surface area contributed by atoms with E-state index in [1.54, 1.807) is 18.5 Å². The molecule has 4 heteroatoms. The van der Waals surface area contributed by atoms with Gasteiger partial charge in [-0.25, -0.2) is 4.79 Å². The molecule has 0 saturated carbocycles. The quantitative estimate of drug-likeness (QED) is 0.832. The molecular formula is C12H13N3O. The number of nitrogens with one attached hydrogen (secondary N) is 1. The van der Waals surface area contributed by atoms with Gasteiger partial charge in [0.25, 0.3) is 0 Å². The minimum Gasteiger partial charge on any atom is -0.332 e. The van der Waals surface area contributed by atoms with Gasteiger partial charge < -0.3 is 5.32 Å². The summed E-state index contributed by atoms with van der Waals surface area (Å²) in [5, 5.41) is 6.66. The molecule has 0 saturated heterocycles. The standard InChI is InChI=1S/C12H13N3O/c1-10-5-2-3-6-11(10)9-13-12(16)15-8-4-7-14-15/h2-8H,9H2,1H3,(H,13,16). The highest BCUT2D eigenvalue weighted by Crippen LogP contribution is 2.05. The van der Waals surface area contributed by atoms with Crippen molar-refractivity contribution >= 4 is 6.03 Å². The number of aromatic nitrogens is 2. The Morgan fingerprint density at radius 3 is 2.88 bits per heavy atom. The number of hydrogen-bond acceptors (Lipinski definition) is 2. The molecule has 0 atom stereocenters. The summed E-state index contributed by atoms with van der Waals surface area (Å²) in [5.41, 5.74) is 2.28. The molecule has 1 heterocycles. The molecule has 4 nitrogen and oxygen atoms in total. The summed E-state index contributed by atoms with van der Waals surface area (Å²) in [6.07, 6.45) is 3.19. The van der Waals surface area contributed by atoms with Crippen LogP contribution >= 0.6 is 0 Å². The van der Waals surface area contributed by atoms with Crippen molar-refractivity contribution in [3.8, 4) is 0 Å². The molecule has 1 amide bonds. The fourth-order valence-corrected chi connectivity index (χ4v) is 1.45. The SMILES string of the molecule is Cc1ccccc1CNC(=O)n1cccn1. The van der Waals surface area contributed by atoms with E-state index in [1.807, 2.05) is 31.2 Å². The number of nitrogens with zero attached hydrogens (tertiary/aromatic N) is 2. The smallest absolute Gasteiger partial charge is 0.332 e. The van der Waals surface area contributed by atoms with Crippen LogP contribution in [-0.2, 0) is 6.54 Å². The summed E-state index contributed by atoms with van der Waals surface area (Å²) < 4.78 is 1.28. The van der Waals surface area contributed by atoms with Crippen molar-refractivity contribution in [1.29, 1.82) is 0 Å². The molecule has 16 heavy (non-hydrogen) atoms. The Morgan fingerprint density at radius 2 is 2.19 bits per heavy atom. The summed E-state index contributed by atoms with van der Waals surface area (Å²) in [6, 6.07) is 9.46. The van der Waals surface area contributed by atoms with E-state index in [-0.39, 0.29) is 6.03 Å². The third kappa shape index (κ3) is 2.28. The maximum Gasteiger partial charge on any atom is 0.342 e. The van der Waals surface area contributed by atoms with Gasteiger partial charge in [0, 0.05) is 18.9 Å². The lowest BCUT2D eigenvalue weighted by molar-refractivity contribution is 0.239. The zero-order chi connectivity index (χ0) is 11.4. The molecule has 2 rings (SSSR count). The molecule has 0 radical (unpaired) electrons. The summed E-state index contributed by atoms with van der Waals surface area (Å²) >= 11 is 0. The van der Waals surface area contributed by atoms with E-state index in [9.17, 15) is 4.79 Å². The predicted molar refractivity (Wildman–Crippen MR) is 61.0 cm³/mol. The molecule has 1 aromatic carbocycles. The van der Waals surface area contributed by atoms with Gasteiger partial charge in [0.2, 0.25) is 0 Å². The number of rotatable bonds is 2. The lowest BCUT2D eigenvalue weighted by Crippen LogP contribution is -2.28. The lowest BCUT2D eigenvalue weighted by atomic mass is 10.1. The third-order valence-electron chi connectivity index (χ3n) is 2.40. The number of carbonyl (C=O) groups excluding carboxylic acids is 1. The highest BCUT2D eigenvalue weighted by molar-refractivity contribution is 5.75. The summed E-state index contributed by atoms with van der Waals surface area (Å²) in [6.45, 7) is 2.54. The first kappa shape index (κ1) is 10.4. The molecule has 82 valence electrons.